The molecule has 0 atom stereocenters. The SMILES string of the molecule is [2H]C([2H])([2H])Oc1ccc(OC([2H])([2H])[2H])c(CCN2C(=O)c3ccccc3C2=O)c1. The molecular formula is C18H17NO4. The summed E-state index contributed by atoms with van der Waals surface area (Å²) in [6.07, 6.45) is 0.0507. The van der Waals surface area contributed by atoms with Crippen LogP contribution in [0.2, 0.25) is 0 Å². The average molecular weight is 317 g/mol. The first-order valence-electron chi connectivity index (χ1n) is 9.91. The zero-order valence-corrected chi connectivity index (χ0v) is 12.0. The van der Waals surface area contributed by atoms with Crippen LogP contribution in [0.15, 0.2) is 42.5 Å². The minimum Gasteiger partial charge on any atom is -0.497 e. The number of ether oxygens (including phenoxy) is 2. The van der Waals surface area contributed by atoms with Crippen LogP contribution in [-0.4, -0.2) is 37.3 Å². The highest BCUT2D eigenvalue weighted by Crippen LogP contribution is 2.27. The van der Waals surface area contributed by atoms with E-state index in [1.54, 1.807) is 24.3 Å². The second-order valence-electron chi connectivity index (χ2n) is 5.03. The van der Waals surface area contributed by atoms with E-state index in [4.69, 9.17) is 17.7 Å². The van der Waals surface area contributed by atoms with Crippen molar-refractivity contribution in [1.29, 1.82) is 0 Å². The molecule has 0 spiro atoms. The van der Waals surface area contributed by atoms with Gasteiger partial charge in [-0.1, -0.05) is 12.1 Å². The first-order chi connectivity index (χ1) is 13.4. The van der Waals surface area contributed by atoms with Crippen LogP contribution < -0.4 is 9.47 Å². The normalized spacial score (nSPS) is 18.2. The monoisotopic (exact) mass is 317 g/mol. The van der Waals surface area contributed by atoms with Gasteiger partial charge >= 0.3 is 0 Å². The lowest BCUT2D eigenvalue weighted by molar-refractivity contribution is 0.0656. The largest absolute Gasteiger partial charge is 0.497 e. The molecule has 1 heterocycles. The minimum atomic E-state index is -2.73. The van der Waals surface area contributed by atoms with Crippen molar-refractivity contribution >= 4 is 11.8 Å². The highest BCUT2D eigenvalue weighted by atomic mass is 16.5. The maximum Gasteiger partial charge on any atom is 0.261 e. The molecule has 0 fully saturated rings. The molecule has 0 saturated heterocycles. The standard InChI is InChI=1S/C18H17NO4/c1-22-13-7-8-16(23-2)12(11-13)9-10-19-17(20)14-5-3-4-6-15(14)18(19)21/h3-8,11H,9-10H2,1-2H3/i1D3,2D3. The molecule has 1 aliphatic rings. The number of amides is 2. The Hall–Kier alpha value is -2.82. The molecule has 2 aromatic rings. The summed E-state index contributed by atoms with van der Waals surface area (Å²) in [4.78, 5) is 26.0. The Bertz CT molecular complexity index is 919. The van der Waals surface area contributed by atoms with Gasteiger partial charge in [-0.05, 0) is 42.3 Å². The van der Waals surface area contributed by atoms with E-state index < -0.39 is 25.9 Å². The van der Waals surface area contributed by atoms with Crippen molar-refractivity contribution in [2.75, 3.05) is 20.6 Å². The number of carbonyl (C=O) groups excluding carboxylic acids is 2. The second kappa shape index (κ2) is 6.12. The van der Waals surface area contributed by atoms with E-state index >= 15 is 0 Å². The van der Waals surface area contributed by atoms with Gasteiger partial charge in [0.2, 0.25) is 0 Å². The Morgan fingerprint density at radius 3 is 2.35 bits per heavy atom. The van der Waals surface area contributed by atoms with E-state index in [0.29, 0.717) is 16.7 Å². The first kappa shape index (κ1) is 9.35. The lowest BCUT2D eigenvalue weighted by Crippen LogP contribution is -2.31. The van der Waals surface area contributed by atoms with Gasteiger partial charge in [-0.2, -0.15) is 0 Å². The Morgan fingerprint density at radius 1 is 1.00 bits per heavy atom. The van der Waals surface area contributed by atoms with Crippen molar-refractivity contribution < 1.29 is 27.3 Å². The summed E-state index contributed by atoms with van der Waals surface area (Å²) in [6, 6.07) is 10.3. The van der Waals surface area contributed by atoms with Crippen LogP contribution in [0.1, 0.15) is 34.5 Å². The molecule has 0 unspecified atom stereocenters. The maximum atomic E-state index is 12.5. The van der Waals surface area contributed by atoms with Gasteiger partial charge in [0.1, 0.15) is 11.5 Å². The Kier molecular flexibility index (Phi) is 2.49. The van der Waals surface area contributed by atoms with E-state index in [9.17, 15) is 9.59 Å². The smallest absolute Gasteiger partial charge is 0.261 e. The van der Waals surface area contributed by atoms with Crippen LogP contribution in [0.4, 0.5) is 0 Å². The van der Waals surface area contributed by atoms with Crippen molar-refractivity contribution in [3.05, 3.63) is 59.2 Å². The Balaban J connectivity index is 1.84. The number of hydrogen-bond donors (Lipinski definition) is 0. The predicted octanol–water partition coefficient (Wildman–Crippen LogP) is 2.54. The van der Waals surface area contributed by atoms with Gasteiger partial charge in [-0.25, -0.2) is 0 Å². The molecule has 1 aliphatic heterocycles. The number of nitrogens with zero attached hydrogens (tertiary/aromatic N) is 1. The molecule has 0 radical (unpaired) electrons. The molecule has 23 heavy (non-hydrogen) atoms. The number of benzene rings is 2. The molecule has 0 aliphatic carbocycles. The van der Waals surface area contributed by atoms with Crippen LogP contribution in [-0.2, 0) is 6.42 Å². The Morgan fingerprint density at radius 2 is 1.70 bits per heavy atom. The maximum absolute atomic E-state index is 12.5. The van der Waals surface area contributed by atoms with Crippen molar-refractivity contribution in [1.82, 2.24) is 4.90 Å². The summed E-state index contributed by atoms with van der Waals surface area (Å²) < 4.78 is 53.3. The molecule has 2 aromatic carbocycles. The first-order valence-corrected chi connectivity index (χ1v) is 6.91. The highest BCUT2D eigenvalue weighted by molar-refractivity contribution is 6.21. The lowest BCUT2D eigenvalue weighted by atomic mass is 10.1. The van der Waals surface area contributed by atoms with Crippen molar-refractivity contribution in [2.45, 2.75) is 6.42 Å². The summed E-state index contributed by atoms with van der Waals surface area (Å²) >= 11 is 0. The molecule has 2 amide bonds. The Labute approximate surface area is 142 Å². The second-order valence-corrected chi connectivity index (χ2v) is 5.03. The fraction of sp³-hybridized carbons (Fsp3) is 0.222. The third-order valence-electron chi connectivity index (χ3n) is 3.74. The van der Waals surface area contributed by atoms with Gasteiger partial charge in [-0.3, -0.25) is 14.5 Å². The van der Waals surface area contributed by atoms with Crippen molar-refractivity contribution in [3.63, 3.8) is 0 Å². The van der Waals surface area contributed by atoms with E-state index in [2.05, 4.69) is 0 Å². The molecule has 0 N–H and O–H groups in total. The number of rotatable bonds is 5. The predicted molar refractivity (Wildman–Crippen MR) is 85.1 cm³/mol. The van der Waals surface area contributed by atoms with Gasteiger partial charge in [0.05, 0.1) is 33.4 Å². The minimum absolute atomic E-state index is 0.0137. The number of fused-ring (bicyclic) bond motifs is 1. The molecule has 0 saturated carbocycles. The van der Waals surface area contributed by atoms with E-state index in [-0.39, 0.29) is 24.5 Å². The number of carbonyl (C=O) groups is 2. The molecular weight excluding hydrogens is 294 g/mol. The van der Waals surface area contributed by atoms with Crippen LogP contribution in [0.25, 0.3) is 0 Å². The van der Waals surface area contributed by atoms with Gasteiger partial charge < -0.3 is 9.47 Å². The molecule has 5 heteroatoms. The van der Waals surface area contributed by atoms with Gasteiger partial charge in [0.15, 0.2) is 0 Å². The van der Waals surface area contributed by atoms with E-state index in [1.807, 2.05) is 0 Å². The third-order valence-corrected chi connectivity index (χ3v) is 3.74. The molecule has 5 nitrogen and oxygen atoms in total. The summed E-state index contributed by atoms with van der Waals surface area (Å²) in [5.41, 5.74) is 0.895. The van der Waals surface area contributed by atoms with Crippen LogP contribution in [0.5, 0.6) is 11.5 Å². The summed E-state index contributed by atoms with van der Waals surface area (Å²) in [6.45, 7) is -0.0407. The fourth-order valence-electron chi connectivity index (χ4n) is 2.59. The summed E-state index contributed by atoms with van der Waals surface area (Å²) in [7, 11) is -5.41. The third kappa shape index (κ3) is 2.65. The fourth-order valence-corrected chi connectivity index (χ4v) is 2.59. The van der Waals surface area contributed by atoms with E-state index in [1.165, 1.54) is 18.2 Å². The lowest BCUT2D eigenvalue weighted by Gasteiger charge is -2.15. The molecule has 118 valence electrons. The van der Waals surface area contributed by atoms with E-state index in [0.717, 1.165) is 4.90 Å². The van der Waals surface area contributed by atoms with Gasteiger partial charge in [0.25, 0.3) is 11.8 Å². The molecule has 3 rings (SSSR count). The summed E-state index contributed by atoms with van der Waals surface area (Å²) in [5.74, 6) is -0.919. The topological polar surface area (TPSA) is 55.8 Å². The number of imide groups is 1. The van der Waals surface area contributed by atoms with Crippen LogP contribution in [0, 0.1) is 0 Å². The average Bonchev–Trinajstić information content (AvgIpc) is 2.84. The molecule has 0 bridgehead atoms. The zero-order valence-electron chi connectivity index (χ0n) is 18.0. The van der Waals surface area contributed by atoms with Crippen molar-refractivity contribution in [3.8, 4) is 11.5 Å². The highest BCUT2D eigenvalue weighted by Gasteiger charge is 2.34. The van der Waals surface area contributed by atoms with Crippen LogP contribution in [0.3, 0.4) is 0 Å². The molecule has 0 aromatic heterocycles. The van der Waals surface area contributed by atoms with Crippen molar-refractivity contribution in [2.24, 2.45) is 0 Å². The number of methoxy groups -OCH3 is 2. The van der Waals surface area contributed by atoms with Gasteiger partial charge in [-0.15, -0.1) is 0 Å². The number of hydrogen-bond acceptors (Lipinski definition) is 4. The zero-order chi connectivity index (χ0) is 21.4. The van der Waals surface area contributed by atoms with Gasteiger partial charge in [0, 0.05) is 6.54 Å². The quantitative estimate of drug-likeness (QED) is 0.795. The summed E-state index contributed by atoms with van der Waals surface area (Å²) in [5, 5.41) is 0. The van der Waals surface area contributed by atoms with Crippen LogP contribution >= 0.6 is 0 Å².